The zero-order valence-electron chi connectivity index (χ0n) is 19.2. The van der Waals surface area contributed by atoms with Crippen LogP contribution in [0, 0.1) is 0 Å². The largest absolute Gasteiger partial charge is 0.497 e. The van der Waals surface area contributed by atoms with Crippen LogP contribution in [0.25, 0.3) is 0 Å². The monoisotopic (exact) mass is 439 g/mol. The van der Waals surface area contributed by atoms with Crippen molar-refractivity contribution in [1.82, 2.24) is 15.2 Å². The summed E-state index contributed by atoms with van der Waals surface area (Å²) in [5.74, 6) is 1.04. The molecule has 32 heavy (non-hydrogen) atoms. The van der Waals surface area contributed by atoms with Gasteiger partial charge >= 0.3 is 0 Å². The summed E-state index contributed by atoms with van der Waals surface area (Å²) in [6.07, 6.45) is 3.59. The second-order valence-corrected chi connectivity index (χ2v) is 7.75. The molecule has 2 heterocycles. The summed E-state index contributed by atoms with van der Waals surface area (Å²) in [5, 5.41) is 6.31. The maximum atomic E-state index is 13.1. The highest BCUT2D eigenvalue weighted by molar-refractivity contribution is 6.06. The molecule has 0 atom stereocenters. The summed E-state index contributed by atoms with van der Waals surface area (Å²) in [5.41, 5.74) is 1.53. The molecule has 0 unspecified atom stereocenters. The van der Waals surface area contributed by atoms with Gasteiger partial charge in [-0.05, 0) is 43.7 Å². The third-order valence-electron chi connectivity index (χ3n) is 5.58. The van der Waals surface area contributed by atoms with Crippen LogP contribution < -0.4 is 20.3 Å². The topological polar surface area (TPSA) is 86.8 Å². The summed E-state index contributed by atoms with van der Waals surface area (Å²) in [6.45, 7) is 8.67. The van der Waals surface area contributed by atoms with Gasteiger partial charge in [0.1, 0.15) is 5.75 Å². The molecule has 0 bridgehead atoms. The Morgan fingerprint density at radius 2 is 1.88 bits per heavy atom. The number of carbonyl (C=O) groups is 2. The van der Waals surface area contributed by atoms with Crippen molar-refractivity contribution in [3.05, 3.63) is 47.7 Å². The number of unbranched alkanes of at least 4 members (excludes halogenated alkanes) is 1. The SMILES string of the molecule is CCCCN(CC)C(=O)c1cnc(N2CCNCC2)c(NC(=O)c2ccc(OC)cc2)c1. The lowest BCUT2D eigenvalue weighted by molar-refractivity contribution is 0.0761. The third-order valence-corrected chi connectivity index (χ3v) is 5.58. The minimum Gasteiger partial charge on any atom is -0.497 e. The molecule has 2 amide bonds. The van der Waals surface area contributed by atoms with E-state index in [1.807, 2.05) is 11.8 Å². The minimum absolute atomic E-state index is 0.0692. The predicted octanol–water partition coefficient (Wildman–Crippen LogP) is 3.01. The fourth-order valence-corrected chi connectivity index (χ4v) is 3.67. The molecule has 1 saturated heterocycles. The van der Waals surface area contributed by atoms with E-state index in [1.165, 1.54) is 0 Å². The van der Waals surface area contributed by atoms with Crippen LogP contribution in [0.3, 0.4) is 0 Å². The zero-order chi connectivity index (χ0) is 22.9. The summed E-state index contributed by atoms with van der Waals surface area (Å²) < 4.78 is 5.17. The molecule has 2 N–H and O–H groups in total. The Kier molecular flexibility index (Phi) is 8.44. The van der Waals surface area contributed by atoms with Gasteiger partial charge in [-0.2, -0.15) is 0 Å². The lowest BCUT2D eigenvalue weighted by Crippen LogP contribution is -2.44. The summed E-state index contributed by atoms with van der Waals surface area (Å²) in [4.78, 5) is 34.6. The molecule has 172 valence electrons. The number of hydrogen-bond acceptors (Lipinski definition) is 6. The van der Waals surface area contributed by atoms with Crippen molar-refractivity contribution in [2.75, 3.05) is 56.6 Å². The van der Waals surface area contributed by atoms with Crippen molar-refractivity contribution in [2.45, 2.75) is 26.7 Å². The number of nitrogens with zero attached hydrogens (tertiary/aromatic N) is 3. The van der Waals surface area contributed by atoms with Gasteiger partial charge in [0.25, 0.3) is 11.8 Å². The molecule has 1 aliphatic heterocycles. The van der Waals surface area contributed by atoms with Gasteiger partial charge < -0.3 is 25.2 Å². The predicted molar refractivity (Wildman–Crippen MR) is 127 cm³/mol. The Morgan fingerprint density at radius 3 is 2.50 bits per heavy atom. The second-order valence-electron chi connectivity index (χ2n) is 7.75. The van der Waals surface area contributed by atoms with Crippen LogP contribution in [-0.2, 0) is 0 Å². The summed E-state index contributed by atoms with van der Waals surface area (Å²) >= 11 is 0. The Hall–Kier alpha value is -3.13. The quantitative estimate of drug-likeness (QED) is 0.625. The average molecular weight is 440 g/mol. The molecular weight excluding hydrogens is 406 g/mol. The van der Waals surface area contributed by atoms with Crippen molar-refractivity contribution in [3.63, 3.8) is 0 Å². The van der Waals surface area contributed by atoms with Gasteiger partial charge in [-0.15, -0.1) is 0 Å². The van der Waals surface area contributed by atoms with Crippen LogP contribution in [0.1, 0.15) is 47.4 Å². The van der Waals surface area contributed by atoms with Crippen molar-refractivity contribution in [3.8, 4) is 5.75 Å². The third kappa shape index (κ3) is 5.76. The smallest absolute Gasteiger partial charge is 0.255 e. The van der Waals surface area contributed by atoms with Gasteiger partial charge in [-0.25, -0.2) is 4.98 Å². The van der Waals surface area contributed by atoms with E-state index in [2.05, 4.69) is 27.4 Å². The number of piperazine rings is 1. The highest BCUT2D eigenvalue weighted by Gasteiger charge is 2.21. The zero-order valence-corrected chi connectivity index (χ0v) is 19.2. The number of ether oxygens (including phenoxy) is 1. The maximum absolute atomic E-state index is 13.1. The average Bonchev–Trinajstić information content (AvgIpc) is 2.85. The van der Waals surface area contributed by atoms with E-state index in [4.69, 9.17) is 4.74 Å². The fourth-order valence-electron chi connectivity index (χ4n) is 3.67. The van der Waals surface area contributed by atoms with Crippen LogP contribution >= 0.6 is 0 Å². The molecule has 8 nitrogen and oxygen atoms in total. The number of pyridine rings is 1. The Balaban J connectivity index is 1.89. The standard InChI is InChI=1S/C24H33N5O3/c1-4-6-13-28(5-2)24(31)19-16-21(22(26-17-19)29-14-11-25-12-15-29)27-23(30)18-7-9-20(32-3)10-8-18/h7-10,16-17,25H,4-6,11-15H2,1-3H3,(H,27,30). The highest BCUT2D eigenvalue weighted by Crippen LogP contribution is 2.26. The molecule has 2 aromatic rings. The van der Waals surface area contributed by atoms with E-state index in [0.29, 0.717) is 41.5 Å². The number of amides is 2. The van der Waals surface area contributed by atoms with Crippen LogP contribution in [-0.4, -0.2) is 68.1 Å². The molecule has 0 aliphatic carbocycles. The molecule has 8 heteroatoms. The molecule has 1 aromatic carbocycles. The summed E-state index contributed by atoms with van der Waals surface area (Å²) in [6, 6.07) is 8.67. The van der Waals surface area contributed by atoms with Gasteiger partial charge in [0, 0.05) is 51.0 Å². The number of carbonyl (C=O) groups excluding carboxylic acids is 2. The van der Waals surface area contributed by atoms with Crippen molar-refractivity contribution < 1.29 is 14.3 Å². The second kappa shape index (κ2) is 11.5. The van der Waals surface area contributed by atoms with E-state index < -0.39 is 0 Å². The first-order valence-electron chi connectivity index (χ1n) is 11.3. The van der Waals surface area contributed by atoms with Crippen LogP contribution in [0.2, 0.25) is 0 Å². The van der Waals surface area contributed by atoms with Crippen molar-refractivity contribution >= 4 is 23.3 Å². The van der Waals surface area contributed by atoms with Gasteiger partial charge in [0.15, 0.2) is 5.82 Å². The first kappa shape index (κ1) is 23.5. The summed E-state index contributed by atoms with van der Waals surface area (Å²) in [7, 11) is 1.59. The molecule has 1 aromatic heterocycles. The molecular formula is C24H33N5O3. The number of hydrogen-bond donors (Lipinski definition) is 2. The normalized spacial score (nSPS) is 13.5. The number of aromatic nitrogens is 1. The van der Waals surface area contributed by atoms with Gasteiger partial charge in [-0.1, -0.05) is 13.3 Å². The molecule has 3 rings (SSSR count). The Labute approximate surface area is 190 Å². The first-order chi connectivity index (χ1) is 15.6. The van der Waals surface area contributed by atoms with Crippen LogP contribution in [0.5, 0.6) is 5.75 Å². The first-order valence-corrected chi connectivity index (χ1v) is 11.3. The van der Waals surface area contributed by atoms with E-state index >= 15 is 0 Å². The van der Waals surface area contributed by atoms with Crippen LogP contribution in [0.15, 0.2) is 36.5 Å². The minimum atomic E-state index is -0.256. The Morgan fingerprint density at radius 1 is 1.16 bits per heavy atom. The Bertz CT molecular complexity index is 910. The van der Waals surface area contributed by atoms with Crippen molar-refractivity contribution in [2.24, 2.45) is 0 Å². The van der Waals surface area contributed by atoms with Gasteiger partial charge in [0.2, 0.25) is 0 Å². The van der Waals surface area contributed by atoms with Crippen LogP contribution in [0.4, 0.5) is 11.5 Å². The lowest BCUT2D eigenvalue weighted by atomic mass is 10.1. The molecule has 0 radical (unpaired) electrons. The van der Waals surface area contributed by atoms with Crippen molar-refractivity contribution in [1.29, 1.82) is 0 Å². The number of benzene rings is 1. The maximum Gasteiger partial charge on any atom is 0.255 e. The highest BCUT2D eigenvalue weighted by atomic mass is 16.5. The number of methoxy groups -OCH3 is 1. The van der Waals surface area contributed by atoms with Gasteiger partial charge in [0.05, 0.1) is 18.4 Å². The van der Waals surface area contributed by atoms with E-state index in [0.717, 1.165) is 39.0 Å². The van der Waals surface area contributed by atoms with Gasteiger partial charge in [-0.3, -0.25) is 9.59 Å². The number of nitrogens with one attached hydrogen (secondary N) is 2. The number of rotatable bonds is 9. The van der Waals surface area contributed by atoms with E-state index in [-0.39, 0.29) is 11.8 Å². The number of anilines is 2. The molecule has 1 fully saturated rings. The molecule has 0 spiro atoms. The fraction of sp³-hybridized carbons (Fsp3) is 0.458. The molecule has 1 aliphatic rings. The van der Waals surface area contributed by atoms with E-state index in [9.17, 15) is 9.59 Å². The molecule has 0 saturated carbocycles. The van der Waals surface area contributed by atoms with E-state index in [1.54, 1.807) is 43.6 Å². The lowest BCUT2D eigenvalue weighted by Gasteiger charge is -2.30.